The molecular formula is C35H46O6. The number of aromatic hydroxyl groups is 1. The smallest absolute Gasteiger partial charge is 0.508 e. The molecule has 0 heterocycles. The molecule has 0 saturated heterocycles. The maximum Gasteiger partial charge on any atom is 0.514 e. The first-order valence-electron chi connectivity index (χ1n) is 14.6. The summed E-state index contributed by atoms with van der Waals surface area (Å²) in [4.78, 5) is 12.2. The van der Waals surface area contributed by atoms with Gasteiger partial charge >= 0.3 is 6.16 Å². The Kier molecular flexibility index (Phi) is 11.7. The van der Waals surface area contributed by atoms with Crippen LogP contribution in [0.5, 0.6) is 17.2 Å². The summed E-state index contributed by atoms with van der Waals surface area (Å²) in [5.41, 5.74) is 3.04. The van der Waals surface area contributed by atoms with Crippen LogP contribution in [0.3, 0.4) is 0 Å². The summed E-state index contributed by atoms with van der Waals surface area (Å²) >= 11 is 0. The van der Waals surface area contributed by atoms with E-state index in [1.54, 1.807) is 19.2 Å². The van der Waals surface area contributed by atoms with E-state index in [1.807, 2.05) is 76.2 Å². The SMILES string of the molecule is CCC(OC)Oc1ccc(C(CC)CC(CC(C)c2ccc(O)cc2)c2ccc(OC(=O)OC(C)(C)C)cc2)cc1. The zero-order valence-corrected chi connectivity index (χ0v) is 25.6. The van der Waals surface area contributed by atoms with E-state index in [2.05, 4.69) is 26.0 Å². The molecule has 0 saturated carbocycles. The summed E-state index contributed by atoms with van der Waals surface area (Å²) < 4.78 is 22.0. The first kappa shape index (κ1) is 32.0. The molecular weight excluding hydrogens is 516 g/mol. The van der Waals surface area contributed by atoms with Gasteiger partial charge in [-0.3, -0.25) is 0 Å². The molecule has 1 N–H and O–H groups in total. The van der Waals surface area contributed by atoms with Crippen LogP contribution in [0.4, 0.5) is 4.79 Å². The lowest BCUT2D eigenvalue weighted by molar-refractivity contribution is -0.0548. The van der Waals surface area contributed by atoms with Crippen molar-refractivity contribution in [3.05, 3.63) is 89.5 Å². The van der Waals surface area contributed by atoms with E-state index in [-0.39, 0.29) is 23.9 Å². The Balaban J connectivity index is 1.81. The molecule has 0 aliphatic carbocycles. The molecule has 0 spiro atoms. The Morgan fingerprint density at radius 1 is 0.756 bits per heavy atom. The van der Waals surface area contributed by atoms with Crippen molar-refractivity contribution < 1.29 is 28.8 Å². The van der Waals surface area contributed by atoms with Crippen molar-refractivity contribution in [2.75, 3.05) is 7.11 Å². The van der Waals surface area contributed by atoms with Gasteiger partial charge in [-0.25, -0.2) is 4.79 Å². The second-order valence-corrected chi connectivity index (χ2v) is 11.7. The Morgan fingerprint density at radius 2 is 1.29 bits per heavy atom. The Labute approximate surface area is 245 Å². The molecule has 222 valence electrons. The van der Waals surface area contributed by atoms with E-state index in [1.165, 1.54) is 16.7 Å². The van der Waals surface area contributed by atoms with Crippen LogP contribution in [0.25, 0.3) is 0 Å². The third-order valence-corrected chi connectivity index (χ3v) is 7.32. The van der Waals surface area contributed by atoms with Gasteiger partial charge in [0, 0.05) is 13.5 Å². The quantitative estimate of drug-likeness (QED) is 0.127. The standard InChI is InChI=1S/C35H46O6/c1-8-25(27-12-18-31(19-13-27)39-33(9-2)38-7)23-29(22-24(3)26-10-16-30(36)17-11-26)28-14-20-32(21-15-28)40-34(37)41-35(4,5)6/h10-21,24-25,29,33,36H,8-9,22-23H2,1-7H3. The summed E-state index contributed by atoms with van der Waals surface area (Å²) in [6.45, 7) is 11.9. The number of ether oxygens (including phenoxy) is 4. The molecule has 6 nitrogen and oxygen atoms in total. The topological polar surface area (TPSA) is 74.2 Å². The van der Waals surface area contributed by atoms with E-state index in [0.717, 1.165) is 31.4 Å². The average molecular weight is 563 g/mol. The maximum absolute atomic E-state index is 12.2. The molecule has 3 rings (SSSR count). The minimum absolute atomic E-state index is 0.254. The number of hydrogen-bond acceptors (Lipinski definition) is 6. The van der Waals surface area contributed by atoms with Crippen molar-refractivity contribution in [3.63, 3.8) is 0 Å². The van der Waals surface area contributed by atoms with Crippen LogP contribution in [0, 0.1) is 0 Å². The van der Waals surface area contributed by atoms with E-state index in [9.17, 15) is 9.90 Å². The molecule has 3 aromatic rings. The molecule has 3 aromatic carbocycles. The molecule has 4 unspecified atom stereocenters. The number of hydrogen-bond donors (Lipinski definition) is 1. The zero-order valence-electron chi connectivity index (χ0n) is 25.6. The second kappa shape index (κ2) is 14.9. The van der Waals surface area contributed by atoms with Gasteiger partial charge in [0.05, 0.1) is 0 Å². The van der Waals surface area contributed by atoms with Gasteiger partial charge in [-0.2, -0.15) is 0 Å². The Morgan fingerprint density at radius 3 is 1.80 bits per heavy atom. The fourth-order valence-electron chi connectivity index (χ4n) is 5.06. The summed E-state index contributed by atoms with van der Waals surface area (Å²) in [5.74, 6) is 2.42. The average Bonchev–Trinajstić information content (AvgIpc) is 2.94. The van der Waals surface area contributed by atoms with E-state index < -0.39 is 11.8 Å². The van der Waals surface area contributed by atoms with Gasteiger partial charge < -0.3 is 24.1 Å². The first-order valence-corrected chi connectivity index (χ1v) is 14.6. The molecule has 4 atom stereocenters. The lowest BCUT2D eigenvalue weighted by Crippen LogP contribution is -2.25. The maximum atomic E-state index is 12.2. The first-order chi connectivity index (χ1) is 19.5. The van der Waals surface area contributed by atoms with Crippen LogP contribution in [-0.2, 0) is 9.47 Å². The van der Waals surface area contributed by atoms with Gasteiger partial charge in [-0.05, 0) is 111 Å². The van der Waals surface area contributed by atoms with Crippen LogP contribution in [0.2, 0.25) is 0 Å². The molecule has 0 fully saturated rings. The third kappa shape index (κ3) is 10.1. The molecule has 0 aliphatic heterocycles. The fourth-order valence-corrected chi connectivity index (χ4v) is 5.06. The Hall–Kier alpha value is -3.51. The van der Waals surface area contributed by atoms with Crippen molar-refractivity contribution in [1.82, 2.24) is 0 Å². The van der Waals surface area contributed by atoms with Crippen molar-refractivity contribution in [1.29, 1.82) is 0 Å². The van der Waals surface area contributed by atoms with Crippen molar-refractivity contribution in [2.24, 2.45) is 0 Å². The largest absolute Gasteiger partial charge is 0.514 e. The van der Waals surface area contributed by atoms with E-state index in [0.29, 0.717) is 11.7 Å². The van der Waals surface area contributed by atoms with Crippen LogP contribution < -0.4 is 9.47 Å². The highest BCUT2D eigenvalue weighted by Gasteiger charge is 2.23. The van der Waals surface area contributed by atoms with Crippen LogP contribution in [-0.4, -0.2) is 30.3 Å². The summed E-state index contributed by atoms with van der Waals surface area (Å²) in [5, 5.41) is 9.76. The molecule has 0 aromatic heterocycles. The van der Waals surface area contributed by atoms with Crippen molar-refractivity contribution in [2.45, 2.75) is 96.9 Å². The molecule has 41 heavy (non-hydrogen) atoms. The normalized spacial score (nSPS) is 14.5. The summed E-state index contributed by atoms with van der Waals surface area (Å²) in [6, 6.07) is 23.6. The van der Waals surface area contributed by atoms with Crippen LogP contribution in [0.15, 0.2) is 72.8 Å². The fraction of sp³-hybridized carbons (Fsp3) is 0.457. The summed E-state index contributed by atoms with van der Waals surface area (Å²) in [7, 11) is 1.66. The predicted octanol–water partition coefficient (Wildman–Crippen LogP) is 9.33. The monoisotopic (exact) mass is 562 g/mol. The number of benzene rings is 3. The number of rotatable bonds is 13. The molecule has 0 radical (unpaired) electrons. The summed E-state index contributed by atoms with van der Waals surface area (Å²) in [6.07, 6.45) is 2.70. The van der Waals surface area contributed by atoms with E-state index >= 15 is 0 Å². The third-order valence-electron chi connectivity index (χ3n) is 7.32. The van der Waals surface area contributed by atoms with Gasteiger partial charge in [0.2, 0.25) is 0 Å². The van der Waals surface area contributed by atoms with Crippen LogP contribution in [0.1, 0.15) is 102 Å². The number of carbonyl (C=O) groups excluding carboxylic acids is 1. The minimum Gasteiger partial charge on any atom is -0.508 e. The number of phenols is 1. The van der Waals surface area contributed by atoms with Gasteiger partial charge in [0.1, 0.15) is 22.8 Å². The van der Waals surface area contributed by atoms with Gasteiger partial charge in [-0.1, -0.05) is 57.2 Å². The zero-order chi connectivity index (χ0) is 30.0. The van der Waals surface area contributed by atoms with Crippen molar-refractivity contribution >= 4 is 6.16 Å². The van der Waals surface area contributed by atoms with Crippen LogP contribution >= 0.6 is 0 Å². The number of methoxy groups -OCH3 is 1. The lowest BCUT2D eigenvalue weighted by Gasteiger charge is -2.27. The minimum atomic E-state index is -0.711. The lowest BCUT2D eigenvalue weighted by atomic mass is 9.78. The number of carbonyl (C=O) groups is 1. The van der Waals surface area contributed by atoms with Gasteiger partial charge in [0.15, 0.2) is 6.29 Å². The second-order valence-electron chi connectivity index (χ2n) is 11.7. The Bertz CT molecular complexity index is 1190. The molecule has 0 amide bonds. The van der Waals surface area contributed by atoms with Gasteiger partial charge in [0.25, 0.3) is 0 Å². The molecule has 6 heteroatoms. The van der Waals surface area contributed by atoms with E-state index in [4.69, 9.17) is 18.9 Å². The highest BCUT2D eigenvalue weighted by Crippen LogP contribution is 2.39. The number of phenolic OH excluding ortho intramolecular Hbond substituents is 1. The highest BCUT2D eigenvalue weighted by molar-refractivity contribution is 5.64. The van der Waals surface area contributed by atoms with Crippen molar-refractivity contribution in [3.8, 4) is 17.2 Å². The highest BCUT2D eigenvalue weighted by atomic mass is 16.7. The molecule has 0 bridgehead atoms. The van der Waals surface area contributed by atoms with Gasteiger partial charge in [-0.15, -0.1) is 0 Å². The predicted molar refractivity (Wildman–Crippen MR) is 163 cm³/mol. The molecule has 0 aliphatic rings.